The number of hydrogen-bond acceptors (Lipinski definition) is 3. The molecule has 1 fully saturated rings. The second-order valence-corrected chi connectivity index (χ2v) is 9.18. The van der Waals surface area contributed by atoms with Crippen LogP contribution in [-0.2, 0) is 16.4 Å². The topological polar surface area (TPSA) is 62.2 Å². The van der Waals surface area contributed by atoms with Crippen LogP contribution in [0.25, 0.3) is 0 Å². The SMILES string of the molecule is O=C(NCC(c1ccccc1)(c1cc(F)cc(C(F)(F)F)c1)c1ccc(Cl)cn1)C1CCC(O)C1. The van der Waals surface area contributed by atoms with Crippen molar-refractivity contribution in [3.8, 4) is 0 Å². The van der Waals surface area contributed by atoms with Crippen molar-refractivity contribution in [1.82, 2.24) is 10.3 Å². The molecule has 3 unspecified atom stereocenters. The van der Waals surface area contributed by atoms with Gasteiger partial charge in [0.2, 0.25) is 5.91 Å². The summed E-state index contributed by atoms with van der Waals surface area (Å²) in [7, 11) is 0. The van der Waals surface area contributed by atoms with Gasteiger partial charge in [0.25, 0.3) is 0 Å². The van der Waals surface area contributed by atoms with E-state index in [-0.39, 0.29) is 18.0 Å². The number of aromatic nitrogens is 1. The Morgan fingerprint density at radius 3 is 2.34 bits per heavy atom. The molecule has 0 spiro atoms. The van der Waals surface area contributed by atoms with E-state index in [4.69, 9.17) is 11.6 Å². The lowest BCUT2D eigenvalue weighted by Crippen LogP contribution is -2.45. The molecule has 1 saturated carbocycles. The Balaban J connectivity index is 1.89. The maximum absolute atomic E-state index is 14.6. The molecule has 2 N–H and O–H groups in total. The number of alkyl halides is 3. The molecule has 1 amide bonds. The predicted octanol–water partition coefficient (Wildman–Crippen LogP) is 5.50. The number of nitrogens with zero attached hydrogens (tertiary/aromatic N) is 1. The number of amides is 1. The summed E-state index contributed by atoms with van der Waals surface area (Å²) in [5.74, 6) is -1.81. The molecule has 4 rings (SSSR count). The molecule has 1 heterocycles. The van der Waals surface area contributed by atoms with E-state index in [1.165, 1.54) is 6.20 Å². The molecular formula is C26H23ClF4N2O2. The number of hydrogen-bond donors (Lipinski definition) is 2. The molecule has 3 atom stereocenters. The number of benzene rings is 2. The minimum Gasteiger partial charge on any atom is -0.393 e. The third kappa shape index (κ3) is 5.33. The molecule has 0 aliphatic heterocycles. The van der Waals surface area contributed by atoms with Gasteiger partial charge in [-0.05, 0) is 60.7 Å². The van der Waals surface area contributed by atoms with Crippen LogP contribution in [-0.4, -0.2) is 28.6 Å². The predicted molar refractivity (Wildman–Crippen MR) is 123 cm³/mol. The zero-order valence-electron chi connectivity index (χ0n) is 18.5. The van der Waals surface area contributed by atoms with Gasteiger partial charge in [0, 0.05) is 18.7 Å². The second kappa shape index (κ2) is 9.95. The summed E-state index contributed by atoms with van der Waals surface area (Å²) in [6.45, 7) is -0.183. The van der Waals surface area contributed by atoms with E-state index < -0.39 is 35.0 Å². The van der Waals surface area contributed by atoms with Gasteiger partial charge in [0.05, 0.1) is 27.8 Å². The Hall–Kier alpha value is -2.97. The van der Waals surface area contributed by atoms with Crippen LogP contribution in [0.15, 0.2) is 66.9 Å². The van der Waals surface area contributed by atoms with Gasteiger partial charge in [0.15, 0.2) is 0 Å². The lowest BCUT2D eigenvalue weighted by molar-refractivity contribution is -0.137. The van der Waals surface area contributed by atoms with Crippen molar-refractivity contribution in [3.63, 3.8) is 0 Å². The number of nitrogens with one attached hydrogen (secondary N) is 1. The summed E-state index contributed by atoms with van der Waals surface area (Å²) < 4.78 is 55.6. The highest BCUT2D eigenvalue weighted by atomic mass is 35.5. The normalized spacial score (nSPS) is 19.8. The fraction of sp³-hybridized carbons (Fsp3) is 0.308. The van der Waals surface area contributed by atoms with E-state index in [1.807, 2.05) is 0 Å². The van der Waals surface area contributed by atoms with Gasteiger partial charge in [-0.25, -0.2) is 4.39 Å². The maximum atomic E-state index is 14.6. The molecule has 2 aromatic carbocycles. The fourth-order valence-corrected chi connectivity index (χ4v) is 4.78. The number of aliphatic hydroxyl groups is 1. The van der Waals surface area contributed by atoms with E-state index in [0.29, 0.717) is 41.6 Å². The first-order valence-electron chi connectivity index (χ1n) is 11.1. The van der Waals surface area contributed by atoms with Gasteiger partial charge in [-0.15, -0.1) is 0 Å². The van der Waals surface area contributed by atoms with E-state index in [9.17, 15) is 27.5 Å². The number of carbonyl (C=O) groups is 1. The smallest absolute Gasteiger partial charge is 0.393 e. The maximum Gasteiger partial charge on any atom is 0.416 e. The summed E-state index contributed by atoms with van der Waals surface area (Å²) in [4.78, 5) is 17.3. The van der Waals surface area contributed by atoms with Crippen LogP contribution in [0.2, 0.25) is 5.02 Å². The van der Waals surface area contributed by atoms with E-state index in [0.717, 1.165) is 12.1 Å². The van der Waals surface area contributed by atoms with E-state index in [2.05, 4.69) is 10.3 Å². The monoisotopic (exact) mass is 506 g/mol. The van der Waals surface area contributed by atoms with Crippen molar-refractivity contribution < 1.29 is 27.5 Å². The van der Waals surface area contributed by atoms with Gasteiger partial charge >= 0.3 is 6.18 Å². The Bertz CT molecular complexity index is 1190. The molecule has 1 aliphatic rings. The van der Waals surface area contributed by atoms with Crippen molar-refractivity contribution in [1.29, 1.82) is 0 Å². The summed E-state index contributed by atoms with van der Waals surface area (Å²) in [6, 6.07) is 14.0. The number of halogens is 5. The van der Waals surface area contributed by atoms with Gasteiger partial charge in [-0.3, -0.25) is 9.78 Å². The van der Waals surface area contributed by atoms with Gasteiger partial charge in [-0.2, -0.15) is 13.2 Å². The zero-order chi connectivity index (χ0) is 25.2. The zero-order valence-corrected chi connectivity index (χ0v) is 19.3. The van der Waals surface area contributed by atoms with Gasteiger partial charge < -0.3 is 10.4 Å². The van der Waals surface area contributed by atoms with Crippen LogP contribution < -0.4 is 5.32 Å². The highest BCUT2D eigenvalue weighted by molar-refractivity contribution is 6.30. The molecule has 1 aliphatic carbocycles. The van der Waals surface area contributed by atoms with Crippen molar-refractivity contribution in [3.05, 3.63) is 100 Å². The van der Waals surface area contributed by atoms with Crippen LogP contribution in [0.5, 0.6) is 0 Å². The Morgan fingerprint density at radius 1 is 1.03 bits per heavy atom. The average Bonchev–Trinajstić information content (AvgIpc) is 3.26. The van der Waals surface area contributed by atoms with Crippen molar-refractivity contribution in [2.24, 2.45) is 5.92 Å². The molecule has 0 saturated heterocycles. The molecule has 35 heavy (non-hydrogen) atoms. The van der Waals surface area contributed by atoms with Crippen LogP contribution >= 0.6 is 11.6 Å². The lowest BCUT2D eigenvalue weighted by atomic mass is 9.71. The first kappa shape index (κ1) is 25.1. The van der Waals surface area contributed by atoms with Gasteiger partial charge in [0.1, 0.15) is 5.82 Å². The third-order valence-corrected chi connectivity index (χ3v) is 6.68. The van der Waals surface area contributed by atoms with Crippen LogP contribution in [0.4, 0.5) is 17.6 Å². The number of pyridine rings is 1. The largest absolute Gasteiger partial charge is 0.416 e. The summed E-state index contributed by atoms with van der Waals surface area (Å²) in [6.07, 6.45) is -2.69. The molecule has 0 radical (unpaired) electrons. The van der Waals surface area contributed by atoms with Crippen molar-refractivity contribution in [2.45, 2.75) is 37.0 Å². The number of rotatable bonds is 6. The van der Waals surface area contributed by atoms with Crippen LogP contribution in [0, 0.1) is 11.7 Å². The van der Waals surface area contributed by atoms with Crippen LogP contribution in [0.1, 0.15) is 41.6 Å². The highest BCUT2D eigenvalue weighted by Crippen LogP contribution is 2.41. The molecule has 184 valence electrons. The molecule has 0 bridgehead atoms. The Kier molecular flexibility index (Phi) is 7.15. The van der Waals surface area contributed by atoms with E-state index >= 15 is 0 Å². The quantitative estimate of drug-likeness (QED) is 0.434. The van der Waals surface area contributed by atoms with Crippen LogP contribution in [0.3, 0.4) is 0 Å². The molecule has 3 aromatic rings. The fourth-order valence-electron chi connectivity index (χ4n) is 4.67. The van der Waals surface area contributed by atoms with Crippen molar-refractivity contribution >= 4 is 17.5 Å². The van der Waals surface area contributed by atoms with Crippen molar-refractivity contribution in [2.75, 3.05) is 6.54 Å². The average molecular weight is 507 g/mol. The summed E-state index contributed by atoms with van der Waals surface area (Å²) in [5, 5.41) is 13.0. The summed E-state index contributed by atoms with van der Waals surface area (Å²) >= 11 is 6.03. The Labute approximate surface area is 205 Å². The number of carbonyl (C=O) groups excluding carboxylic acids is 1. The minimum atomic E-state index is -4.78. The van der Waals surface area contributed by atoms with E-state index in [1.54, 1.807) is 42.5 Å². The Morgan fingerprint density at radius 2 is 1.74 bits per heavy atom. The molecule has 9 heteroatoms. The first-order valence-corrected chi connectivity index (χ1v) is 11.5. The molecular weight excluding hydrogens is 484 g/mol. The molecule has 1 aromatic heterocycles. The molecule has 4 nitrogen and oxygen atoms in total. The third-order valence-electron chi connectivity index (χ3n) is 6.45. The minimum absolute atomic E-state index is 0.0161. The number of aliphatic hydroxyl groups excluding tert-OH is 1. The first-order chi connectivity index (χ1) is 16.6. The highest BCUT2D eigenvalue weighted by Gasteiger charge is 2.42. The standard InChI is InChI=1S/C26H23ClF4N2O2/c27-20-7-9-23(32-14-20)25(17-4-2-1-3-5-17,15-33-24(35)16-6-8-22(34)10-16)18-11-19(26(29,30)31)13-21(28)12-18/h1-5,7,9,11-14,16,22,34H,6,8,10,15H2,(H,33,35). The lowest BCUT2D eigenvalue weighted by Gasteiger charge is -2.36. The van der Waals surface area contributed by atoms with Gasteiger partial charge in [-0.1, -0.05) is 41.9 Å². The summed E-state index contributed by atoms with van der Waals surface area (Å²) in [5.41, 5.74) is -1.82. The second-order valence-electron chi connectivity index (χ2n) is 8.74.